The predicted octanol–water partition coefficient (Wildman–Crippen LogP) is 1.76. The number of rotatable bonds is 5. The summed E-state index contributed by atoms with van der Waals surface area (Å²) in [6.45, 7) is 9.20. The quantitative estimate of drug-likeness (QED) is 0.613. The van der Waals surface area contributed by atoms with Crippen LogP contribution >= 0.6 is 0 Å². The Labute approximate surface area is 152 Å². The van der Waals surface area contributed by atoms with Gasteiger partial charge >= 0.3 is 6.18 Å². The van der Waals surface area contributed by atoms with Crippen LogP contribution in [0.5, 0.6) is 0 Å². The third-order valence-corrected chi connectivity index (χ3v) is 4.92. The van der Waals surface area contributed by atoms with E-state index in [0.29, 0.717) is 24.1 Å². The van der Waals surface area contributed by atoms with Crippen LogP contribution in [0, 0.1) is 0 Å². The van der Waals surface area contributed by atoms with Gasteiger partial charge < -0.3 is 10.6 Å². The number of benzene rings is 1. The molecule has 1 unspecified atom stereocenters. The van der Waals surface area contributed by atoms with Crippen molar-refractivity contribution < 1.29 is 13.2 Å². The molecule has 0 spiro atoms. The fraction of sp³-hybridized carbons (Fsp3) is 0.611. The van der Waals surface area contributed by atoms with Crippen LogP contribution < -0.4 is 10.6 Å². The van der Waals surface area contributed by atoms with Crippen molar-refractivity contribution in [1.29, 1.82) is 0 Å². The molecule has 1 aromatic rings. The van der Waals surface area contributed by atoms with Gasteiger partial charge in [-0.2, -0.15) is 13.2 Å². The van der Waals surface area contributed by atoms with E-state index in [1.165, 1.54) is 6.07 Å². The van der Waals surface area contributed by atoms with Crippen molar-refractivity contribution in [3.8, 4) is 0 Å². The maximum Gasteiger partial charge on any atom is 0.416 e. The maximum absolute atomic E-state index is 12.8. The Hall–Kier alpha value is -1.80. The van der Waals surface area contributed by atoms with Crippen molar-refractivity contribution in [2.75, 3.05) is 45.8 Å². The average molecular weight is 369 g/mol. The molecule has 3 fully saturated rings. The standard InChI is InChI=1S/C18H26F3N5/c1-2-22-17(24-12-16-13-25-6-8-26(16)9-7-25)23-11-14-4-3-5-15(10-14)18(19,20)21/h3-5,10,16H,2,6-9,11-13H2,1H3,(H2,22,23,24). The molecule has 8 heteroatoms. The Morgan fingerprint density at radius 1 is 1.19 bits per heavy atom. The molecule has 3 heterocycles. The Morgan fingerprint density at radius 2 is 1.96 bits per heavy atom. The third kappa shape index (κ3) is 4.88. The van der Waals surface area contributed by atoms with Gasteiger partial charge in [0.25, 0.3) is 0 Å². The van der Waals surface area contributed by atoms with Crippen LogP contribution in [-0.4, -0.2) is 67.6 Å². The van der Waals surface area contributed by atoms with Crippen LogP contribution in [0.25, 0.3) is 0 Å². The second-order valence-electron chi connectivity index (χ2n) is 6.76. The molecule has 1 atom stereocenters. The van der Waals surface area contributed by atoms with Gasteiger partial charge in [-0.15, -0.1) is 0 Å². The molecule has 3 aliphatic heterocycles. The number of aliphatic imine (C=N–C) groups is 1. The fourth-order valence-corrected chi connectivity index (χ4v) is 3.49. The van der Waals surface area contributed by atoms with Crippen LogP contribution in [0.3, 0.4) is 0 Å². The summed E-state index contributed by atoms with van der Waals surface area (Å²) in [6, 6.07) is 5.79. The molecule has 3 aliphatic rings. The van der Waals surface area contributed by atoms with Gasteiger partial charge in [-0.25, -0.2) is 4.99 Å². The molecule has 0 radical (unpaired) electrons. The number of nitrogens with zero attached hydrogens (tertiary/aromatic N) is 3. The van der Waals surface area contributed by atoms with E-state index in [-0.39, 0.29) is 6.54 Å². The van der Waals surface area contributed by atoms with E-state index in [9.17, 15) is 13.2 Å². The van der Waals surface area contributed by atoms with E-state index < -0.39 is 11.7 Å². The number of guanidine groups is 1. The number of alkyl halides is 3. The summed E-state index contributed by atoms with van der Waals surface area (Å²) in [4.78, 5) is 9.41. The summed E-state index contributed by atoms with van der Waals surface area (Å²) in [5, 5.41) is 6.50. The van der Waals surface area contributed by atoms with Crippen molar-refractivity contribution in [2.45, 2.75) is 25.7 Å². The van der Waals surface area contributed by atoms with Gasteiger partial charge in [0.1, 0.15) is 0 Å². The summed E-state index contributed by atoms with van der Waals surface area (Å²) in [7, 11) is 0. The SMILES string of the molecule is CCNC(=NCc1cccc(C(F)(F)F)c1)NCC1CN2CCN1CC2. The lowest BCUT2D eigenvalue weighted by Gasteiger charge is -2.47. The van der Waals surface area contributed by atoms with Crippen molar-refractivity contribution in [3.05, 3.63) is 35.4 Å². The van der Waals surface area contributed by atoms with E-state index >= 15 is 0 Å². The first-order valence-corrected chi connectivity index (χ1v) is 9.10. The van der Waals surface area contributed by atoms with E-state index in [0.717, 1.165) is 51.4 Å². The van der Waals surface area contributed by atoms with Gasteiger partial charge in [-0.3, -0.25) is 9.80 Å². The van der Waals surface area contributed by atoms with Crippen molar-refractivity contribution in [1.82, 2.24) is 20.4 Å². The molecule has 2 bridgehead atoms. The summed E-state index contributed by atoms with van der Waals surface area (Å²) in [6.07, 6.45) is -4.33. The second-order valence-corrected chi connectivity index (χ2v) is 6.76. The minimum atomic E-state index is -4.33. The summed E-state index contributed by atoms with van der Waals surface area (Å²) in [5.41, 5.74) is -0.0909. The second kappa shape index (κ2) is 8.26. The summed E-state index contributed by atoms with van der Waals surface area (Å²) in [5.74, 6) is 0.641. The van der Waals surface area contributed by atoms with Crippen LogP contribution in [0.1, 0.15) is 18.1 Å². The van der Waals surface area contributed by atoms with Gasteiger partial charge in [0.15, 0.2) is 5.96 Å². The smallest absolute Gasteiger partial charge is 0.357 e. The average Bonchev–Trinajstić information content (AvgIpc) is 2.64. The molecule has 0 amide bonds. The lowest BCUT2D eigenvalue weighted by Crippen LogP contribution is -2.63. The lowest BCUT2D eigenvalue weighted by atomic mass is 10.1. The molecule has 26 heavy (non-hydrogen) atoms. The van der Waals surface area contributed by atoms with Crippen molar-refractivity contribution in [3.63, 3.8) is 0 Å². The van der Waals surface area contributed by atoms with Gasteiger partial charge in [0.2, 0.25) is 0 Å². The highest BCUT2D eigenvalue weighted by molar-refractivity contribution is 5.79. The van der Waals surface area contributed by atoms with Crippen molar-refractivity contribution >= 4 is 5.96 Å². The number of piperazine rings is 3. The molecule has 4 rings (SSSR count). The first-order valence-electron chi connectivity index (χ1n) is 9.10. The molecule has 0 aliphatic carbocycles. The normalized spacial score (nSPS) is 26.0. The highest BCUT2D eigenvalue weighted by atomic mass is 19.4. The molecular formula is C18H26F3N5. The number of halogens is 3. The van der Waals surface area contributed by atoms with Gasteiger partial charge in [-0.1, -0.05) is 12.1 Å². The molecule has 2 N–H and O–H groups in total. The molecule has 3 saturated heterocycles. The van der Waals surface area contributed by atoms with Gasteiger partial charge in [0.05, 0.1) is 12.1 Å². The molecule has 0 saturated carbocycles. The first kappa shape index (κ1) is 19.0. The minimum absolute atomic E-state index is 0.208. The van der Waals surface area contributed by atoms with Crippen LogP contribution in [0.2, 0.25) is 0 Å². The van der Waals surface area contributed by atoms with E-state index in [1.807, 2.05) is 6.92 Å². The zero-order valence-electron chi connectivity index (χ0n) is 15.0. The Balaban J connectivity index is 1.59. The molecule has 0 aromatic heterocycles. The summed E-state index contributed by atoms with van der Waals surface area (Å²) >= 11 is 0. The fourth-order valence-electron chi connectivity index (χ4n) is 3.49. The zero-order chi connectivity index (χ0) is 18.6. The van der Waals surface area contributed by atoms with Gasteiger partial charge in [0, 0.05) is 51.9 Å². The van der Waals surface area contributed by atoms with Gasteiger partial charge in [-0.05, 0) is 24.6 Å². The Kier molecular flexibility index (Phi) is 6.03. The number of hydrogen-bond acceptors (Lipinski definition) is 3. The molecular weight excluding hydrogens is 343 g/mol. The number of nitrogens with one attached hydrogen (secondary N) is 2. The topological polar surface area (TPSA) is 42.9 Å². The monoisotopic (exact) mass is 369 g/mol. The van der Waals surface area contributed by atoms with E-state index in [4.69, 9.17) is 0 Å². The Bertz CT molecular complexity index is 623. The predicted molar refractivity (Wildman–Crippen MR) is 96.1 cm³/mol. The first-order chi connectivity index (χ1) is 12.5. The molecule has 5 nitrogen and oxygen atoms in total. The number of hydrogen-bond donors (Lipinski definition) is 2. The highest BCUT2D eigenvalue weighted by Gasteiger charge is 2.32. The van der Waals surface area contributed by atoms with Crippen LogP contribution in [0.15, 0.2) is 29.3 Å². The maximum atomic E-state index is 12.8. The molecule has 1 aromatic carbocycles. The molecule has 144 valence electrons. The highest BCUT2D eigenvalue weighted by Crippen LogP contribution is 2.29. The summed E-state index contributed by atoms with van der Waals surface area (Å²) < 4.78 is 38.5. The number of fused-ring (bicyclic) bond motifs is 3. The van der Waals surface area contributed by atoms with E-state index in [1.54, 1.807) is 6.07 Å². The minimum Gasteiger partial charge on any atom is -0.357 e. The van der Waals surface area contributed by atoms with Crippen LogP contribution in [0.4, 0.5) is 13.2 Å². The Morgan fingerprint density at radius 3 is 2.58 bits per heavy atom. The zero-order valence-corrected chi connectivity index (χ0v) is 15.0. The largest absolute Gasteiger partial charge is 0.416 e. The van der Waals surface area contributed by atoms with E-state index in [2.05, 4.69) is 25.4 Å². The van der Waals surface area contributed by atoms with Crippen molar-refractivity contribution in [2.24, 2.45) is 4.99 Å². The van der Waals surface area contributed by atoms with Crippen LogP contribution in [-0.2, 0) is 12.7 Å². The lowest BCUT2D eigenvalue weighted by molar-refractivity contribution is -0.137. The third-order valence-electron chi connectivity index (χ3n) is 4.92.